The molecule has 0 fully saturated rings. The van der Waals surface area contributed by atoms with E-state index in [0.29, 0.717) is 0 Å². The molecule has 0 spiro atoms. The first-order chi connectivity index (χ1) is 10.1. The largest absolute Gasteiger partial charge is 0.345 e. The maximum Gasteiger partial charge on any atom is 0.112 e. The lowest BCUT2D eigenvalue weighted by Crippen LogP contribution is -2.27. The molecule has 2 nitrogen and oxygen atoms in total. The molecule has 0 atom stereocenters. The van der Waals surface area contributed by atoms with E-state index in [-0.39, 0.29) is 16.2 Å². The van der Waals surface area contributed by atoms with Crippen molar-refractivity contribution in [1.82, 2.24) is 9.97 Å². The summed E-state index contributed by atoms with van der Waals surface area (Å²) < 4.78 is 0. The Hall–Kier alpha value is -0.790. The van der Waals surface area contributed by atoms with E-state index in [1.165, 1.54) is 17.2 Å². The Bertz CT molecular complexity index is 474. The second kappa shape index (κ2) is 6.76. The molecule has 0 aliphatic heterocycles. The first-order valence-corrected chi connectivity index (χ1v) is 9.25. The quantitative estimate of drug-likeness (QED) is 0.604. The van der Waals surface area contributed by atoms with Gasteiger partial charge in [0.15, 0.2) is 0 Å². The van der Waals surface area contributed by atoms with E-state index in [1.807, 2.05) is 0 Å². The van der Waals surface area contributed by atoms with Crippen LogP contribution < -0.4 is 0 Å². The van der Waals surface area contributed by atoms with Gasteiger partial charge in [0.2, 0.25) is 0 Å². The molecule has 0 aliphatic carbocycles. The Kier molecular flexibility index (Phi) is 5.92. The van der Waals surface area contributed by atoms with Crippen LogP contribution in [0, 0.1) is 0 Å². The first kappa shape index (κ1) is 19.3. The zero-order valence-corrected chi connectivity index (χ0v) is 16.5. The van der Waals surface area contributed by atoms with Crippen molar-refractivity contribution in [2.45, 2.75) is 111 Å². The Labute approximate surface area is 138 Å². The minimum atomic E-state index is 0.147. The normalized spacial score (nSPS) is 13.7. The van der Waals surface area contributed by atoms with Crippen LogP contribution in [0.2, 0.25) is 0 Å². The summed E-state index contributed by atoms with van der Waals surface area (Å²) in [5, 5.41) is 0. The molecule has 0 saturated heterocycles. The fourth-order valence-electron chi connectivity index (χ4n) is 2.93. The van der Waals surface area contributed by atoms with Gasteiger partial charge in [0.25, 0.3) is 0 Å². The number of nitrogens with one attached hydrogen (secondary N) is 1. The van der Waals surface area contributed by atoms with Crippen molar-refractivity contribution in [3.63, 3.8) is 0 Å². The molecule has 1 rings (SSSR count). The van der Waals surface area contributed by atoms with Gasteiger partial charge in [0.05, 0.1) is 5.69 Å². The predicted octanol–water partition coefficient (Wildman–Crippen LogP) is 6.25. The SMILES string of the molecule is CCC(C)(C)c1[nH]c(C(C)(CC)CC)nc1C(C)(CC)CC. The minimum Gasteiger partial charge on any atom is -0.345 e. The van der Waals surface area contributed by atoms with Gasteiger partial charge in [-0.15, -0.1) is 0 Å². The van der Waals surface area contributed by atoms with Gasteiger partial charge in [-0.3, -0.25) is 0 Å². The zero-order chi connectivity index (χ0) is 17.2. The molecule has 0 saturated carbocycles. The molecule has 0 radical (unpaired) electrons. The summed E-state index contributed by atoms with van der Waals surface area (Å²) in [5.41, 5.74) is 3.14. The van der Waals surface area contributed by atoms with Gasteiger partial charge in [-0.2, -0.15) is 0 Å². The Morgan fingerprint density at radius 1 is 0.727 bits per heavy atom. The van der Waals surface area contributed by atoms with Crippen LogP contribution >= 0.6 is 0 Å². The molecule has 1 N–H and O–H groups in total. The number of hydrogen-bond donors (Lipinski definition) is 1. The van der Waals surface area contributed by atoms with Crippen LogP contribution in [-0.4, -0.2) is 9.97 Å². The summed E-state index contributed by atoms with van der Waals surface area (Å²) >= 11 is 0. The summed E-state index contributed by atoms with van der Waals surface area (Å²) in [7, 11) is 0. The van der Waals surface area contributed by atoms with Crippen LogP contribution in [0.15, 0.2) is 0 Å². The molecule has 22 heavy (non-hydrogen) atoms. The summed E-state index contributed by atoms with van der Waals surface area (Å²) in [6.45, 7) is 20.8. The van der Waals surface area contributed by atoms with Crippen molar-refractivity contribution in [3.8, 4) is 0 Å². The molecule has 2 heteroatoms. The van der Waals surface area contributed by atoms with Gasteiger partial charge in [-0.1, -0.05) is 62.3 Å². The van der Waals surface area contributed by atoms with Gasteiger partial charge < -0.3 is 4.98 Å². The smallest absolute Gasteiger partial charge is 0.112 e. The van der Waals surface area contributed by atoms with Crippen LogP contribution in [0.3, 0.4) is 0 Å². The molecular weight excluding hydrogens is 268 g/mol. The molecule has 1 heterocycles. The fraction of sp³-hybridized carbons (Fsp3) is 0.850. The average molecular weight is 307 g/mol. The molecule has 0 unspecified atom stereocenters. The molecule has 0 bridgehead atoms. The lowest BCUT2D eigenvalue weighted by Gasteiger charge is -2.31. The standard InChI is InChI=1S/C20H38N2/c1-10-18(6,7)15-16(19(8,11-2)12-3)22-17(21-15)20(9,13-4)14-5/h10-14H2,1-9H3,(H,21,22). The number of rotatable bonds is 8. The van der Waals surface area contributed by atoms with Crippen molar-refractivity contribution < 1.29 is 0 Å². The second-order valence-electron chi connectivity index (χ2n) is 8.08. The van der Waals surface area contributed by atoms with Crippen LogP contribution in [0.1, 0.15) is 112 Å². The summed E-state index contributed by atoms with van der Waals surface area (Å²) in [6, 6.07) is 0. The van der Waals surface area contributed by atoms with Crippen LogP contribution in [0.25, 0.3) is 0 Å². The monoisotopic (exact) mass is 306 g/mol. The van der Waals surface area contributed by atoms with Gasteiger partial charge in [-0.25, -0.2) is 4.98 Å². The maximum atomic E-state index is 5.20. The van der Waals surface area contributed by atoms with E-state index in [2.05, 4.69) is 67.3 Å². The third-order valence-electron chi connectivity index (χ3n) is 6.53. The molecule has 0 aliphatic rings. The molecular formula is C20H38N2. The van der Waals surface area contributed by atoms with Crippen LogP contribution in [0.5, 0.6) is 0 Å². The number of aromatic amines is 1. The highest BCUT2D eigenvalue weighted by molar-refractivity contribution is 5.31. The first-order valence-electron chi connectivity index (χ1n) is 9.25. The lowest BCUT2D eigenvalue weighted by atomic mass is 9.75. The highest BCUT2D eigenvalue weighted by Gasteiger charge is 2.37. The van der Waals surface area contributed by atoms with Crippen molar-refractivity contribution in [3.05, 3.63) is 17.2 Å². The van der Waals surface area contributed by atoms with Gasteiger partial charge in [-0.05, 0) is 32.1 Å². The maximum absolute atomic E-state index is 5.20. The van der Waals surface area contributed by atoms with Gasteiger partial charge in [0.1, 0.15) is 5.82 Å². The van der Waals surface area contributed by atoms with E-state index in [1.54, 1.807) is 0 Å². The molecule has 0 aromatic carbocycles. The zero-order valence-electron chi connectivity index (χ0n) is 16.5. The number of imidazole rings is 1. The number of nitrogens with zero attached hydrogens (tertiary/aromatic N) is 1. The lowest BCUT2D eigenvalue weighted by molar-refractivity contribution is 0.398. The highest BCUT2D eigenvalue weighted by atomic mass is 15.0. The average Bonchev–Trinajstić information content (AvgIpc) is 3.00. The molecule has 128 valence electrons. The topological polar surface area (TPSA) is 28.7 Å². The molecule has 0 amide bonds. The van der Waals surface area contributed by atoms with E-state index in [0.717, 1.165) is 32.1 Å². The second-order valence-corrected chi connectivity index (χ2v) is 8.08. The van der Waals surface area contributed by atoms with Crippen LogP contribution in [-0.2, 0) is 16.2 Å². The number of H-pyrrole nitrogens is 1. The van der Waals surface area contributed by atoms with Gasteiger partial charge in [0, 0.05) is 21.9 Å². The molecule has 1 aromatic heterocycles. The molecule has 1 aromatic rings. The number of aromatic nitrogens is 2. The summed E-state index contributed by atoms with van der Waals surface area (Å²) in [5.74, 6) is 1.19. The van der Waals surface area contributed by atoms with Gasteiger partial charge >= 0.3 is 0 Å². The van der Waals surface area contributed by atoms with E-state index in [4.69, 9.17) is 4.98 Å². The number of hydrogen-bond acceptors (Lipinski definition) is 1. The third kappa shape index (κ3) is 3.26. The summed E-state index contributed by atoms with van der Waals surface area (Å²) in [4.78, 5) is 8.98. The minimum absolute atomic E-state index is 0.147. The van der Waals surface area contributed by atoms with Crippen molar-refractivity contribution in [2.75, 3.05) is 0 Å². The van der Waals surface area contributed by atoms with E-state index in [9.17, 15) is 0 Å². The highest BCUT2D eigenvalue weighted by Crippen LogP contribution is 2.41. The van der Waals surface area contributed by atoms with Crippen LogP contribution in [0.4, 0.5) is 0 Å². The van der Waals surface area contributed by atoms with Crippen molar-refractivity contribution >= 4 is 0 Å². The van der Waals surface area contributed by atoms with E-state index < -0.39 is 0 Å². The Morgan fingerprint density at radius 3 is 1.55 bits per heavy atom. The predicted molar refractivity (Wildman–Crippen MR) is 97.8 cm³/mol. The van der Waals surface area contributed by atoms with Crippen molar-refractivity contribution in [2.24, 2.45) is 0 Å². The third-order valence-corrected chi connectivity index (χ3v) is 6.53. The summed E-state index contributed by atoms with van der Waals surface area (Å²) in [6.07, 6.45) is 5.64. The van der Waals surface area contributed by atoms with E-state index >= 15 is 0 Å². The fourth-order valence-corrected chi connectivity index (χ4v) is 2.93. The Morgan fingerprint density at radius 2 is 1.18 bits per heavy atom. The van der Waals surface area contributed by atoms with Crippen molar-refractivity contribution in [1.29, 1.82) is 0 Å². The Balaban J connectivity index is 3.58.